The quantitative estimate of drug-likeness (QED) is 0.123. The Morgan fingerprint density at radius 3 is 2.58 bits per heavy atom. The van der Waals surface area contributed by atoms with Crippen LogP contribution in [-0.4, -0.2) is 64.5 Å². The lowest BCUT2D eigenvalue weighted by Crippen LogP contribution is -2.45. The summed E-state index contributed by atoms with van der Waals surface area (Å²) in [4.78, 5) is 57.6. The fraction of sp³-hybridized carbons (Fsp3) is 0.366. The highest BCUT2D eigenvalue weighted by atomic mass is 33.1. The predicted octanol–water partition coefficient (Wildman–Crippen LogP) is 5.34. The first-order chi connectivity index (χ1) is 25.8. The third kappa shape index (κ3) is 9.54. The summed E-state index contributed by atoms with van der Waals surface area (Å²) < 4.78 is 0. The Balaban J connectivity index is 1.11. The van der Waals surface area contributed by atoms with Crippen molar-refractivity contribution in [3.8, 4) is 0 Å². The van der Waals surface area contributed by atoms with Crippen molar-refractivity contribution >= 4 is 51.1 Å². The van der Waals surface area contributed by atoms with E-state index < -0.39 is 11.3 Å². The van der Waals surface area contributed by atoms with Gasteiger partial charge in [0.05, 0.1) is 22.7 Å². The molecule has 0 saturated heterocycles. The first-order valence-corrected chi connectivity index (χ1v) is 20.7. The number of nitrogens with two attached hydrogens (primary N) is 1. The number of amides is 3. The molecule has 4 aromatic rings. The Kier molecular flexibility index (Phi) is 13.0. The van der Waals surface area contributed by atoms with Gasteiger partial charge >= 0.3 is 0 Å². The van der Waals surface area contributed by atoms with Crippen LogP contribution in [0.5, 0.6) is 0 Å². The number of hydrogen-bond donors (Lipinski definition) is 2. The molecule has 0 spiro atoms. The van der Waals surface area contributed by atoms with E-state index in [-0.39, 0.29) is 11.8 Å². The van der Waals surface area contributed by atoms with E-state index in [0.717, 1.165) is 77.4 Å². The van der Waals surface area contributed by atoms with Crippen LogP contribution in [0.2, 0.25) is 0 Å². The number of anilines is 1. The second kappa shape index (κ2) is 18.0. The summed E-state index contributed by atoms with van der Waals surface area (Å²) in [6, 6.07) is 21.1. The molecule has 0 saturated carbocycles. The van der Waals surface area contributed by atoms with Crippen molar-refractivity contribution in [2.24, 2.45) is 16.1 Å². The summed E-state index contributed by atoms with van der Waals surface area (Å²) in [6.45, 7) is 8.18. The van der Waals surface area contributed by atoms with Crippen molar-refractivity contribution in [2.45, 2.75) is 64.1 Å². The van der Waals surface area contributed by atoms with Crippen LogP contribution in [-0.2, 0) is 24.3 Å². The molecule has 6 rings (SSSR count). The summed E-state index contributed by atoms with van der Waals surface area (Å²) in [5, 5.41) is 5.52. The van der Waals surface area contributed by atoms with E-state index in [1.807, 2.05) is 59.6 Å². The number of benzene rings is 2. The van der Waals surface area contributed by atoms with Crippen LogP contribution in [0.25, 0.3) is 6.08 Å². The lowest BCUT2D eigenvalue weighted by atomic mass is 9.77. The lowest BCUT2D eigenvalue weighted by molar-refractivity contribution is -0.125. The van der Waals surface area contributed by atoms with Crippen molar-refractivity contribution in [3.63, 3.8) is 0 Å². The van der Waals surface area contributed by atoms with Crippen LogP contribution >= 0.6 is 21.6 Å². The molecule has 2 aliphatic heterocycles. The summed E-state index contributed by atoms with van der Waals surface area (Å²) in [6.07, 6.45) is 9.45. The van der Waals surface area contributed by atoms with Gasteiger partial charge in [-0.25, -0.2) is 4.98 Å². The average molecular weight is 750 g/mol. The molecule has 2 aromatic heterocycles. The number of aromatic nitrogens is 2. The van der Waals surface area contributed by atoms with Gasteiger partial charge < -0.3 is 16.0 Å². The maximum absolute atomic E-state index is 14.7. The number of nitrogens with one attached hydrogen (secondary N) is 1. The summed E-state index contributed by atoms with van der Waals surface area (Å²) in [5.74, 6) is 0.274. The van der Waals surface area contributed by atoms with Gasteiger partial charge in [0.15, 0.2) is 0 Å². The Morgan fingerprint density at radius 1 is 1.00 bits per heavy atom. The Morgan fingerprint density at radius 2 is 1.83 bits per heavy atom. The van der Waals surface area contributed by atoms with E-state index in [0.29, 0.717) is 49.0 Å². The van der Waals surface area contributed by atoms with Crippen molar-refractivity contribution in [1.82, 2.24) is 20.2 Å². The molecule has 3 amide bonds. The van der Waals surface area contributed by atoms with E-state index in [2.05, 4.69) is 41.2 Å². The fourth-order valence-corrected chi connectivity index (χ4v) is 8.83. The molecule has 12 heteroatoms. The highest BCUT2D eigenvalue weighted by molar-refractivity contribution is 8.76. The topological polar surface area (TPSA) is 134 Å². The minimum atomic E-state index is -0.740. The highest BCUT2D eigenvalue weighted by Crippen LogP contribution is 2.36. The molecular weight excluding hydrogens is 703 g/mol. The Hall–Kier alpha value is -4.52. The first kappa shape index (κ1) is 38.2. The van der Waals surface area contributed by atoms with Crippen LogP contribution in [0.1, 0.15) is 77.1 Å². The summed E-state index contributed by atoms with van der Waals surface area (Å²) in [7, 11) is 3.27. The van der Waals surface area contributed by atoms with Crippen LogP contribution in [0.4, 0.5) is 5.69 Å². The molecule has 276 valence electrons. The zero-order valence-electron chi connectivity index (χ0n) is 30.4. The molecule has 4 heterocycles. The molecule has 2 aromatic carbocycles. The van der Waals surface area contributed by atoms with E-state index >= 15 is 0 Å². The van der Waals surface area contributed by atoms with E-state index in [4.69, 9.17) is 15.7 Å². The number of hydrogen-bond acceptors (Lipinski definition) is 9. The molecule has 0 bridgehead atoms. The van der Waals surface area contributed by atoms with Gasteiger partial charge in [-0.2, -0.15) is 0 Å². The monoisotopic (exact) mass is 749 g/mol. The number of primary amides is 1. The minimum absolute atomic E-state index is 0.0592. The molecule has 1 unspecified atom stereocenters. The maximum Gasteiger partial charge on any atom is 0.251 e. The van der Waals surface area contributed by atoms with Crippen LogP contribution < -0.4 is 26.5 Å². The van der Waals surface area contributed by atoms with Crippen molar-refractivity contribution in [2.75, 3.05) is 36.8 Å². The second-order valence-corrected chi connectivity index (χ2v) is 16.0. The van der Waals surface area contributed by atoms with E-state index in [9.17, 15) is 14.4 Å². The number of carbonyl (C=O) groups is 3. The van der Waals surface area contributed by atoms with Crippen LogP contribution in [0, 0.1) is 5.41 Å². The predicted molar refractivity (Wildman–Crippen MR) is 213 cm³/mol. The van der Waals surface area contributed by atoms with Gasteiger partial charge in [-0.3, -0.25) is 29.3 Å². The standard InChI is InChI=1S/C41H47N7O3S2/c1-3-15-41(16-18-43-36-24-31(38(42)49)12-13-32(36)25-41)40(51)48(20-4-2)34-23-33-28-47(21-14-35(33)46-26-34)27-29-8-10-30(11-9-29)39(50)45-19-22-52-53-37-7-5-6-17-44-37/h5-13,17,23-26H,3-4,14-16,18-22,27-28H2,1-2H3,(H2,42,49)(H,45,50). The lowest BCUT2D eigenvalue weighted by Gasteiger charge is -2.35. The van der Waals surface area contributed by atoms with Gasteiger partial charge in [0.2, 0.25) is 11.8 Å². The van der Waals surface area contributed by atoms with Gasteiger partial charge in [-0.15, -0.1) is 0 Å². The van der Waals surface area contributed by atoms with Crippen molar-refractivity contribution < 1.29 is 14.4 Å². The number of carbonyl (C=O) groups excluding carboxylic acids is 3. The molecule has 0 fully saturated rings. The Labute approximate surface area is 319 Å². The average Bonchev–Trinajstić information content (AvgIpc) is 3.36. The second-order valence-electron chi connectivity index (χ2n) is 13.6. The highest BCUT2D eigenvalue weighted by Gasteiger charge is 2.39. The maximum atomic E-state index is 14.7. The summed E-state index contributed by atoms with van der Waals surface area (Å²) >= 11 is 0. The van der Waals surface area contributed by atoms with Gasteiger partial charge in [-0.1, -0.05) is 61.4 Å². The molecular formula is C41H47N7O3S2. The van der Waals surface area contributed by atoms with Gasteiger partial charge in [0.25, 0.3) is 5.91 Å². The van der Waals surface area contributed by atoms with Gasteiger partial charge in [0, 0.05) is 74.5 Å². The Bertz CT molecular complexity index is 2040. The molecule has 53 heavy (non-hydrogen) atoms. The molecule has 0 aliphatic carbocycles. The number of fused-ring (bicyclic) bond motifs is 2. The zero-order chi connectivity index (χ0) is 37.2. The van der Waals surface area contributed by atoms with Crippen LogP contribution in [0.15, 0.2) is 89.1 Å². The van der Waals surface area contributed by atoms with E-state index in [1.165, 1.54) is 0 Å². The number of pyridine rings is 2. The molecule has 0 radical (unpaired) electrons. The molecule has 1 atom stereocenters. The first-order valence-electron chi connectivity index (χ1n) is 18.4. The third-order valence-corrected chi connectivity index (χ3v) is 12.0. The fourth-order valence-electron chi connectivity index (χ4n) is 7.04. The van der Waals surface area contributed by atoms with E-state index in [1.54, 1.807) is 39.9 Å². The summed E-state index contributed by atoms with van der Waals surface area (Å²) in [5.41, 5.74) is 10.0. The zero-order valence-corrected chi connectivity index (χ0v) is 32.1. The minimum Gasteiger partial charge on any atom is -0.366 e. The smallest absolute Gasteiger partial charge is 0.251 e. The molecule has 2 aliphatic rings. The van der Waals surface area contributed by atoms with Gasteiger partial charge in [0.1, 0.15) is 5.03 Å². The molecule has 3 N–H and O–H groups in total. The van der Waals surface area contributed by atoms with Gasteiger partial charge in [-0.05, 0) is 88.9 Å². The normalized spacial score (nSPS) is 16.6. The number of nitrogens with zero attached hydrogens (tertiary/aromatic N) is 5. The SMILES string of the molecule is CCCN(C(=O)C1(CCC)C=c2ccc(C(N)=O)cc2=NCC1)c1cnc2c(c1)CN(Cc1ccc(C(=O)NCCSSc3ccccn3)cc1)CC2. The van der Waals surface area contributed by atoms with Crippen molar-refractivity contribution in [1.29, 1.82) is 0 Å². The number of rotatable bonds is 15. The molecule has 10 nitrogen and oxygen atoms in total. The third-order valence-electron chi connectivity index (χ3n) is 9.69. The largest absolute Gasteiger partial charge is 0.366 e. The van der Waals surface area contributed by atoms with Crippen molar-refractivity contribution in [3.05, 3.63) is 118 Å². The van der Waals surface area contributed by atoms with Crippen LogP contribution in [0.3, 0.4) is 0 Å².